The first-order valence-corrected chi connectivity index (χ1v) is 6.42. The Labute approximate surface area is 108 Å². The number of carbonyl (C=O) groups is 1. The van der Waals surface area contributed by atoms with Gasteiger partial charge in [0.1, 0.15) is 0 Å². The lowest BCUT2D eigenvalue weighted by Crippen LogP contribution is -2.40. The molecule has 1 unspecified atom stereocenters. The lowest BCUT2D eigenvalue weighted by molar-refractivity contribution is -0.131. The maximum Gasteiger partial charge on any atom is 0.227 e. The second-order valence-electron chi connectivity index (χ2n) is 4.97. The third-order valence-electron chi connectivity index (χ3n) is 3.43. The fourth-order valence-corrected chi connectivity index (χ4v) is 2.30. The van der Waals surface area contributed by atoms with E-state index in [1.165, 1.54) is 5.56 Å². The largest absolute Gasteiger partial charge is 0.341 e. The van der Waals surface area contributed by atoms with Gasteiger partial charge in [-0.05, 0) is 25.3 Å². The molecule has 1 saturated heterocycles. The Morgan fingerprint density at radius 2 is 2.17 bits per heavy atom. The van der Waals surface area contributed by atoms with Gasteiger partial charge in [0.15, 0.2) is 0 Å². The molecule has 2 rings (SSSR count). The number of amides is 1. The number of rotatable bonds is 2. The molecule has 18 heavy (non-hydrogen) atoms. The summed E-state index contributed by atoms with van der Waals surface area (Å²) in [5.74, 6) is 0.152. The van der Waals surface area contributed by atoms with E-state index in [0.717, 1.165) is 24.9 Å². The van der Waals surface area contributed by atoms with Crippen molar-refractivity contribution in [3.8, 4) is 6.07 Å². The molecule has 3 nitrogen and oxygen atoms in total. The van der Waals surface area contributed by atoms with E-state index in [4.69, 9.17) is 5.26 Å². The predicted molar refractivity (Wildman–Crippen MR) is 69.8 cm³/mol. The molecule has 1 atom stereocenters. The molecule has 1 aromatic rings. The molecule has 0 radical (unpaired) electrons. The van der Waals surface area contributed by atoms with Crippen LogP contribution < -0.4 is 0 Å². The highest BCUT2D eigenvalue weighted by atomic mass is 16.2. The average molecular weight is 242 g/mol. The molecule has 0 bridgehead atoms. The predicted octanol–water partition coefficient (Wildman–Crippen LogP) is 2.30. The second-order valence-corrected chi connectivity index (χ2v) is 4.97. The van der Waals surface area contributed by atoms with Crippen LogP contribution in [0.1, 0.15) is 24.0 Å². The zero-order valence-corrected chi connectivity index (χ0v) is 10.7. The fraction of sp³-hybridized carbons (Fsp3) is 0.467. The normalized spacial score (nSPS) is 19.3. The van der Waals surface area contributed by atoms with E-state index in [0.29, 0.717) is 13.0 Å². The van der Waals surface area contributed by atoms with E-state index in [-0.39, 0.29) is 11.8 Å². The van der Waals surface area contributed by atoms with Gasteiger partial charge < -0.3 is 4.90 Å². The first-order valence-electron chi connectivity index (χ1n) is 6.42. The highest BCUT2D eigenvalue weighted by molar-refractivity contribution is 5.78. The Hall–Kier alpha value is -1.82. The molecule has 1 aliphatic heterocycles. The van der Waals surface area contributed by atoms with E-state index < -0.39 is 0 Å². The van der Waals surface area contributed by atoms with Gasteiger partial charge in [0, 0.05) is 13.1 Å². The monoisotopic (exact) mass is 242 g/mol. The van der Waals surface area contributed by atoms with Crippen molar-refractivity contribution in [2.75, 3.05) is 13.1 Å². The highest BCUT2D eigenvalue weighted by Gasteiger charge is 2.23. The third-order valence-corrected chi connectivity index (χ3v) is 3.43. The van der Waals surface area contributed by atoms with Gasteiger partial charge in [-0.3, -0.25) is 4.79 Å². The van der Waals surface area contributed by atoms with Crippen molar-refractivity contribution < 1.29 is 4.79 Å². The van der Waals surface area contributed by atoms with Crippen LogP contribution in [0, 0.1) is 24.2 Å². The summed E-state index contributed by atoms with van der Waals surface area (Å²) in [6.07, 6.45) is 2.31. The SMILES string of the molecule is Cc1ccc(CC(=O)N2CCCC(C#N)C2)cc1. The smallest absolute Gasteiger partial charge is 0.227 e. The van der Waals surface area contributed by atoms with Gasteiger partial charge in [-0.1, -0.05) is 29.8 Å². The summed E-state index contributed by atoms with van der Waals surface area (Å²) in [4.78, 5) is 14.0. The van der Waals surface area contributed by atoms with E-state index in [2.05, 4.69) is 6.07 Å². The minimum absolute atomic E-state index is 0.0146. The molecule has 1 fully saturated rings. The number of nitriles is 1. The topological polar surface area (TPSA) is 44.1 Å². The van der Waals surface area contributed by atoms with Gasteiger partial charge in [-0.2, -0.15) is 5.26 Å². The van der Waals surface area contributed by atoms with Crippen molar-refractivity contribution >= 4 is 5.91 Å². The first kappa shape index (κ1) is 12.6. The van der Waals surface area contributed by atoms with Crippen LogP contribution in [0.3, 0.4) is 0 Å². The molecule has 94 valence electrons. The summed E-state index contributed by atoms with van der Waals surface area (Å²) in [5, 5.41) is 8.92. The van der Waals surface area contributed by atoms with Crippen LogP contribution in [-0.2, 0) is 11.2 Å². The summed E-state index contributed by atoms with van der Waals surface area (Å²) in [6.45, 7) is 3.43. The quantitative estimate of drug-likeness (QED) is 0.798. The van der Waals surface area contributed by atoms with Crippen molar-refractivity contribution in [3.63, 3.8) is 0 Å². The van der Waals surface area contributed by atoms with Crippen molar-refractivity contribution in [3.05, 3.63) is 35.4 Å². The van der Waals surface area contributed by atoms with Gasteiger partial charge in [-0.25, -0.2) is 0 Å². The molecule has 3 heteroatoms. The molecule has 0 saturated carbocycles. The minimum Gasteiger partial charge on any atom is -0.341 e. The van der Waals surface area contributed by atoms with Gasteiger partial charge in [-0.15, -0.1) is 0 Å². The van der Waals surface area contributed by atoms with Crippen LogP contribution in [0.4, 0.5) is 0 Å². The van der Waals surface area contributed by atoms with Crippen LogP contribution in [0.15, 0.2) is 24.3 Å². The van der Waals surface area contributed by atoms with Crippen LogP contribution in [0.2, 0.25) is 0 Å². The molecule has 0 aromatic heterocycles. The molecule has 0 N–H and O–H groups in total. The van der Waals surface area contributed by atoms with E-state index in [1.54, 1.807) is 0 Å². The zero-order valence-electron chi connectivity index (χ0n) is 10.7. The zero-order chi connectivity index (χ0) is 13.0. The van der Waals surface area contributed by atoms with E-state index >= 15 is 0 Å². The summed E-state index contributed by atoms with van der Waals surface area (Å²) >= 11 is 0. The van der Waals surface area contributed by atoms with Gasteiger partial charge >= 0.3 is 0 Å². The first-order chi connectivity index (χ1) is 8.69. The summed E-state index contributed by atoms with van der Waals surface area (Å²) in [6, 6.07) is 10.3. The van der Waals surface area contributed by atoms with Crippen LogP contribution in [-0.4, -0.2) is 23.9 Å². The highest BCUT2D eigenvalue weighted by Crippen LogP contribution is 2.16. The molecular formula is C15H18N2O. The Bertz CT molecular complexity index is 458. The molecule has 1 amide bonds. The number of piperidine rings is 1. The summed E-state index contributed by atoms with van der Waals surface area (Å²) < 4.78 is 0. The molecule has 0 spiro atoms. The second kappa shape index (κ2) is 5.68. The lowest BCUT2D eigenvalue weighted by atomic mass is 9.99. The molecule has 1 aliphatic rings. The number of nitrogens with zero attached hydrogens (tertiary/aromatic N) is 2. The van der Waals surface area contributed by atoms with Gasteiger partial charge in [0.05, 0.1) is 18.4 Å². The summed E-state index contributed by atoms with van der Waals surface area (Å²) in [5.41, 5.74) is 2.25. The van der Waals surface area contributed by atoms with E-state index in [1.807, 2.05) is 36.1 Å². The maximum atomic E-state index is 12.1. The maximum absolute atomic E-state index is 12.1. The van der Waals surface area contributed by atoms with Crippen molar-refractivity contribution in [1.82, 2.24) is 4.90 Å². The van der Waals surface area contributed by atoms with Crippen molar-refractivity contribution in [2.24, 2.45) is 5.92 Å². The number of hydrogen-bond acceptors (Lipinski definition) is 2. The third kappa shape index (κ3) is 3.10. The number of aryl methyl sites for hydroxylation is 1. The number of hydrogen-bond donors (Lipinski definition) is 0. The standard InChI is InChI=1S/C15H18N2O/c1-12-4-6-13(7-5-12)9-15(18)17-8-2-3-14(10-16)11-17/h4-7,14H,2-3,8-9,11H2,1H3. The van der Waals surface area contributed by atoms with Crippen LogP contribution >= 0.6 is 0 Å². The van der Waals surface area contributed by atoms with Gasteiger partial charge in [0.25, 0.3) is 0 Å². The summed E-state index contributed by atoms with van der Waals surface area (Å²) in [7, 11) is 0. The molecule has 0 aliphatic carbocycles. The lowest BCUT2D eigenvalue weighted by Gasteiger charge is -2.29. The molecule has 1 heterocycles. The van der Waals surface area contributed by atoms with Crippen LogP contribution in [0.25, 0.3) is 0 Å². The Morgan fingerprint density at radius 1 is 1.44 bits per heavy atom. The number of likely N-dealkylation sites (tertiary alicyclic amines) is 1. The van der Waals surface area contributed by atoms with Crippen LogP contribution in [0.5, 0.6) is 0 Å². The minimum atomic E-state index is 0.0146. The van der Waals surface area contributed by atoms with E-state index in [9.17, 15) is 4.79 Å². The Balaban J connectivity index is 1.95. The average Bonchev–Trinajstić information content (AvgIpc) is 2.41. The fourth-order valence-electron chi connectivity index (χ4n) is 2.30. The van der Waals surface area contributed by atoms with Crippen molar-refractivity contribution in [1.29, 1.82) is 5.26 Å². The molecular weight excluding hydrogens is 224 g/mol. The number of benzene rings is 1. The number of carbonyl (C=O) groups excluding carboxylic acids is 1. The van der Waals surface area contributed by atoms with Gasteiger partial charge in [0.2, 0.25) is 5.91 Å². The molecule has 1 aromatic carbocycles. The Morgan fingerprint density at radius 3 is 2.83 bits per heavy atom. The van der Waals surface area contributed by atoms with Crippen molar-refractivity contribution in [2.45, 2.75) is 26.2 Å². The Kier molecular flexibility index (Phi) is 3.99.